The van der Waals surface area contributed by atoms with Crippen molar-refractivity contribution in [2.24, 2.45) is 0 Å². The first-order valence-corrected chi connectivity index (χ1v) is 18.3. The largest absolute Gasteiger partial charge is 0.435 e. The lowest BCUT2D eigenvalue weighted by Crippen LogP contribution is -2.10. The van der Waals surface area contributed by atoms with Gasteiger partial charge in [-0.2, -0.15) is 0 Å². The van der Waals surface area contributed by atoms with Crippen LogP contribution in [0.25, 0.3) is 77.5 Å². The molecule has 3 heteroatoms. The first kappa shape index (κ1) is 31.5. The fourth-order valence-electron chi connectivity index (χ4n) is 7.63. The summed E-state index contributed by atoms with van der Waals surface area (Å²) >= 11 is 0. The number of aromatic nitrogens is 1. The smallest absolute Gasteiger partial charge is 0.227 e. The first-order valence-electron chi connectivity index (χ1n) is 18.3. The second kappa shape index (κ2) is 13.4. The number of anilines is 3. The summed E-state index contributed by atoms with van der Waals surface area (Å²) in [6, 6.07) is 73.0. The molecule has 10 aromatic rings. The minimum absolute atomic E-state index is 0.625. The summed E-state index contributed by atoms with van der Waals surface area (Å²) in [4.78, 5) is 7.26. The number of oxazole rings is 1. The first-order chi connectivity index (χ1) is 26.8. The molecule has 254 valence electrons. The quantitative estimate of drug-likeness (QED) is 0.156. The molecule has 0 aliphatic carbocycles. The summed E-state index contributed by atoms with van der Waals surface area (Å²) in [5.41, 5.74) is 12.9. The van der Waals surface area contributed by atoms with Gasteiger partial charge in [0.15, 0.2) is 5.58 Å². The van der Waals surface area contributed by atoms with Gasteiger partial charge in [-0.15, -0.1) is 0 Å². The van der Waals surface area contributed by atoms with Gasteiger partial charge in [-0.3, -0.25) is 0 Å². The van der Waals surface area contributed by atoms with Gasteiger partial charge >= 0.3 is 0 Å². The zero-order valence-corrected chi connectivity index (χ0v) is 29.4. The monoisotopic (exact) mass is 690 g/mol. The van der Waals surface area contributed by atoms with Gasteiger partial charge in [-0.1, -0.05) is 152 Å². The Balaban J connectivity index is 1.15. The maximum atomic E-state index is 6.57. The van der Waals surface area contributed by atoms with Crippen LogP contribution in [0.5, 0.6) is 0 Å². The van der Waals surface area contributed by atoms with E-state index in [-0.39, 0.29) is 0 Å². The minimum Gasteiger partial charge on any atom is -0.435 e. The average Bonchev–Trinajstić information content (AvgIpc) is 3.70. The Morgan fingerprint density at radius 1 is 0.370 bits per heavy atom. The van der Waals surface area contributed by atoms with Gasteiger partial charge in [0.1, 0.15) is 5.52 Å². The van der Waals surface area contributed by atoms with E-state index in [9.17, 15) is 0 Å². The number of nitrogens with zero attached hydrogens (tertiary/aromatic N) is 2. The van der Waals surface area contributed by atoms with Crippen LogP contribution in [0.4, 0.5) is 17.1 Å². The SMILES string of the molecule is c1ccc(-c2ccc(-c3ccc(N(c4ccccc4)c4ccc5ccc6ccc7nc(-c8ccccc8)oc7c6c5c4)cc3-c3ccccc3)cc2)cc1. The van der Waals surface area contributed by atoms with Gasteiger partial charge in [-0.05, 0) is 104 Å². The molecular weight excluding hydrogens is 657 g/mol. The van der Waals surface area contributed by atoms with E-state index in [1.807, 2.05) is 30.3 Å². The highest BCUT2D eigenvalue weighted by atomic mass is 16.3. The van der Waals surface area contributed by atoms with Crippen molar-refractivity contribution in [3.8, 4) is 44.8 Å². The van der Waals surface area contributed by atoms with Gasteiger partial charge in [0, 0.05) is 28.0 Å². The van der Waals surface area contributed by atoms with E-state index in [2.05, 4.69) is 181 Å². The highest BCUT2D eigenvalue weighted by molar-refractivity contribution is 6.18. The molecular formula is C51H34N2O. The van der Waals surface area contributed by atoms with E-state index in [0.717, 1.165) is 55.3 Å². The summed E-state index contributed by atoms with van der Waals surface area (Å²) in [5.74, 6) is 0.625. The predicted octanol–water partition coefficient (Wildman–Crippen LogP) is 14.3. The van der Waals surface area contributed by atoms with E-state index >= 15 is 0 Å². The Labute approximate surface area is 314 Å². The molecule has 0 N–H and O–H groups in total. The lowest BCUT2D eigenvalue weighted by molar-refractivity contribution is 0.623. The molecule has 0 aliphatic heterocycles. The molecule has 0 aliphatic rings. The maximum Gasteiger partial charge on any atom is 0.227 e. The van der Waals surface area contributed by atoms with Crippen molar-refractivity contribution in [2.45, 2.75) is 0 Å². The Kier molecular flexibility index (Phi) is 7.81. The van der Waals surface area contributed by atoms with E-state index in [1.54, 1.807) is 0 Å². The van der Waals surface area contributed by atoms with E-state index in [4.69, 9.17) is 9.40 Å². The molecule has 0 saturated heterocycles. The summed E-state index contributed by atoms with van der Waals surface area (Å²) in [6.45, 7) is 0. The molecule has 3 nitrogen and oxygen atoms in total. The van der Waals surface area contributed by atoms with Gasteiger partial charge in [0.25, 0.3) is 0 Å². The van der Waals surface area contributed by atoms with Gasteiger partial charge < -0.3 is 9.32 Å². The third-order valence-electron chi connectivity index (χ3n) is 10.3. The normalized spacial score (nSPS) is 11.3. The Morgan fingerprint density at radius 2 is 0.889 bits per heavy atom. The van der Waals surface area contributed by atoms with Crippen LogP contribution in [-0.4, -0.2) is 4.98 Å². The maximum absolute atomic E-state index is 6.57. The molecule has 0 radical (unpaired) electrons. The van der Waals surface area contributed by atoms with Crippen molar-refractivity contribution in [1.82, 2.24) is 4.98 Å². The van der Waals surface area contributed by atoms with Crippen molar-refractivity contribution in [2.75, 3.05) is 4.90 Å². The Morgan fingerprint density at radius 3 is 1.61 bits per heavy atom. The topological polar surface area (TPSA) is 29.3 Å². The van der Waals surface area contributed by atoms with Crippen LogP contribution < -0.4 is 4.90 Å². The zero-order valence-electron chi connectivity index (χ0n) is 29.4. The molecule has 0 spiro atoms. The lowest BCUT2D eigenvalue weighted by Gasteiger charge is -2.27. The molecule has 0 atom stereocenters. The number of hydrogen-bond acceptors (Lipinski definition) is 3. The third kappa shape index (κ3) is 5.69. The van der Waals surface area contributed by atoms with E-state index in [0.29, 0.717) is 5.89 Å². The summed E-state index contributed by atoms with van der Waals surface area (Å²) in [7, 11) is 0. The molecule has 1 heterocycles. The molecule has 0 unspecified atom stereocenters. The molecule has 10 rings (SSSR count). The van der Waals surface area contributed by atoms with Crippen LogP contribution in [0, 0.1) is 0 Å². The number of fused-ring (bicyclic) bond motifs is 5. The van der Waals surface area contributed by atoms with E-state index < -0.39 is 0 Å². The summed E-state index contributed by atoms with van der Waals surface area (Å²) < 4.78 is 6.57. The van der Waals surface area contributed by atoms with E-state index in [1.165, 1.54) is 33.4 Å². The van der Waals surface area contributed by atoms with Gasteiger partial charge in [0.2, 0.25) is 5.89 Å². The van der Waals surface area contributed by atoms with Crippen LogP contribution in [0.15, 0.2) is 211 Å². The predicted molar refractivity (Wildman–Crippen MR) is 225 cm³/mol. The van der Waals surface area contributed by atoms with Crippen molar-refractivity contribution >= 4 is 49.7 Å². The average molecular weight is 691 g/mol. The van der Waals surface area contributed by atoms with Crippen molar-refractivity contribution in [3.63, 3.8) is 0 Å². The zero-order chi connectivity index (χ0) is 35.8. The molecule has 54 heavy (non-hydrogen) atoms. The van der Waals surface area contributed by atoms with Crippen LogP contribution >= 0.6 is 0 Å². The second-order valence-electron chi connectivity index (χ2n) is 13.6. The number of para-hydroxylation sites is 1. The van der Waals surface area contributed by atoms with Crippen molar-refractivity contribution in [1.29, 1.82) is 0 Å². The van der Waals surface area contributed by atoms with Crippen LogP contribution in [-0.2, 0) is 0 Å². The highest BCUT2D eigenvalue weighted by Crippen LogP contribution is 2.43. The molecule has 9 aromatic carbocycles. The molecule has 0 bridgehead atoms. The molecule has 0 amide bonds. The van der Waals surface area contributed by atoms with Gasteiger partial charge in [0.05, 0.1) is 0 Å². The molecule has 0 saturated carbocycles. The van der Waals surface area contributed by atoms with Crippen LogP contribution in [0.1, 0.15) is 0 Å². The standard InChI is InChI=1S/C51H34N2O/c1-5-13-35(14-6-1)36-21-23-38(24-22-36)45-31-30-44(33-46(45)37-15-7-2-8-16-37)53(42-19-11-4-12-20-42)43-29-27-39-25-26-40-28-32-48-50(49(40)47(39)34-43)54-51(52-48)41-17-9-3-10-18-41/h1-34H. The summed E-state index contributed by atoms with van der Waals surface area (Å²) in [6.07, 6.45) is 0. The van der Waals surface area contributed by atoms with Gasteiger partial charge in [-0.25, -0.2) is 4.98 Å². The lowest BCUT2D eigenvalue weighted by atomic mass is 9.92. The van der Waals surface area contributed by atoms with Crippen LogP contribution in [0.3, 0.4) is 0 Å². The Hall–Kier alpha value is -7.23. The number of benzene rings is 9. The molecule has 0 fully saturated rings. The number of rotatable bonds is 7. The van der Waals surface area contributed by atoms with Crippen molar-refractivity contribution < 1.29 is 4.42 Å². The molecule has 1 aromatic heterocycles. The minimum atomic E-state index is 0.625. The summed E-state index contributed by atoms with van der Waals surface area (Å²) in [5, 5.41) is 4.44. The Bertz CT molecular complexity index is 2900. The second-order valence-corrected chi connectivity index (χ2v) is 13.6. The van der Waals surface area contributed by atoms with Crippen LogP contribution in [0.2, 0.25) is 0 Å². The fraction of sp³-hybridized carbons (Fsp3) is 0. The third-order valence-corrected chi connectivity index (χ3v) is 10.3. The fourth-order valence-corrected chi connectivity index (χ4v) is 7.63. The number of hydrogen-bond donors (Lipinski definition) is 0. The highest BCUT2D eigenvalue weighted by Gasteiger charge is 2.19. The van der Waals surface area contributed by atoms with Crippen molar-refractivity contribution in [3.05, 3.63) is 206 Å².